The first-order valence-corrected chi connectivity index (χ1v) is 15.3. The molecule has 0 spiro atoms. The van der Waals surface area contributed by atoms with Crippen molar-refractivity contribution in [2.45, 2.75) is 70.9 Å². The van der Waals surface area contributed by atoms with Crippen LogP contribution in [-0.2, 0) is 21.7 Å². The summed E-state index contributed by atoms with van der Waals surface area (Å²) in [6.07, 6.45) is 2.51. The van der Waals surface area contributed by atoms with Gasteiger partial charge in [0.2, 0.25) is 11.8 Å². The third-order valence-corrected chi connectivity index (χ3v) is 9.37. The van der Waals surface area contributed by atoms with Crippen LogP contribution in [0.1, 0.15) is 81.2 Å². The molecule has 0 saturated carbocycles. The third-order valence-electron chi connectivity index (χ3n) is 9.37. The molecule has 0 bridgehead atoms. The minimum Gasteiger partial charge on any atom is -0.384 e. The molecule has 0 radical (unpaired) electrons. The van der Waals surface area contributed by atoms with Crippen LogP contribution in [0.25, 0.3) is 22.2 Å². The lowest BCUT2D eigenvalue weighted by molar-refractivity contribution is -0.134. The highest BCUT2D eigenvalue weighted by molar-refractivity contribution is 6.01. The molecule has 2 amide bonds. The van der Waals surface area contributed by atoms with Crippen molar-refractivity contribution in [1.29, 1.82) is 0 Å². The number of likely N-dealkylation sites (tertiary alicyclic amines) is 1. The Balaban J connectivity index is 1.19. The number of aromatic nitrogens is 3. The molecule has 2 aromatic heterocycles. The van der Waals surface area contributed by atoms with E-state index in [1.807, 2.05) is 26.0 Å². The normalized spacial score (nSPS) is 22.4. The van der Waals surface area contributed by atoms with Gasteiger partial charge in [-0.2, -0.15) is 10.2 Å². The van der Waals surface area contributed by atoms with Crippen LogP contribution >= 0.6 is 0 Å². The number of rotatable bonds is 6. The number of carbonyl (C=O) groups excluding carboxylic acids is 2. The molecule has 6 rings (SSSR count). The van der Waals surface area contributed by atoms with Crippen molar-refractivity contribution in [3.8, 4) is 11.3 Å². The minimum absolute atomic E-state index is 0.229. The summed E-state index contributed by atoms with van der Waals surface area (Å²) in [7, 11) is 0. The molecule has 2 aromatic carbocycles. The lowest BCUT2D eigenvalue weighted by atomic mass is 9.66. The van der Waals surface area contributed by atoms with E-state index in [0.29, 0.717) is 49.5 Å². The van der Waals surface area contributed by atoms with Crippen molar-refractivity contribution in [3.63, 3.8) is 0 Å². The quantitative estimate of drug-likeness (QED) is 0.280. The number of fused-ring (bicyclic) bond motifs is 1. The number of amides is 2. The van der Waals surface area contributed by atoms with Gasteiger partial charge in [0.25, 0.3) is 0 Å². The van der Waals surface area contributed by atoms with Crippen LogP contribution in [0.2, 0.25) is 0 Å². The summed E-state index contributed by atoms with van der Waals surface area (Å²) in [5.41, 5.74) is 3.14. The predicted octanol–water partition coefficient (Wildman–Crippen LogP) is 5.59. The molecule has 2 saturated heterocycles. The fourth-order valence-electron chi connectivity index (χ4n) is 6.61. The number of piperidine rings is 2. The van der Waals surface area contributed by atoms with Gasteiger partial charge >= 0.3 is 0 Å². The van der Waals surface area contributed by atoms with Crippen LogP contribution in [-0.4, -0.2) is 50.1 Å². The van der Waals surface area contributed by atoms with Gasteiger partial charge in [-0.05, 0) is 54.2 Å². The van der Waals surface area contributed by atoms with Gasteiger partial charge in [0.1, 0.15) is 5.82 Å². The largest absolute Gasteiger partial charge is 0.384 e. The Morgan fingerprint density at radius 1 is 1.07 bits per heavy atom. The highest BCUT2D eigenvalue weighted by Crippen LogP contribution is 2.48. The third kappa shape index (κ3) is 5.50. The summed E-state index contributed by atoms with van der Waals surface area (Å²) in [5, 5.41) is 23.4. The Kier molecular flexibility index (Phi) is 7.80. The van der Waals surface area contributed by atoms with E-state index in [0.717, 1.165) is 22.5 Å². The van der Waals surface area contributed by atoms with E-state index in [1.165, 1.54) is 0 Å². The number of carbonyl (C=O) groups is 2. The number of aliphatic hydroxyl groups is 1. The van der Waals surface area contributed by atoms with Gasteiger partial charge in [-0.25, -0.2) is 4.39 Å². The van der Waals surface area contributed by atoms with Crippen LogP contribution < -0.4 is 5.32 Å². The topological polar surface area (TPSA) is 108 Å². The number of hydrogen-bond donors (Lipinski definition) is 2. The fraction of sp³-hybridized carbons (Fsp3) is 0.400. The van der Waals surface area contributed by atoms with Crippen molar-refractivity contribution in [2.24, 2.45) is 5.41 Å². The van der Waals surface area contributed by atoms with Crippen LogP contribution in [0, 0.1) is 11.2 Å². The first-order valence-electron chi connectivity index (χ1n) is 15.3. The zero-order valence-corrected chi connectivity index (χ0v) is 25.6. The number of imide groups is 1. The van der Waals surface area contributed by atoms with Gasteiger partial charge in [0, 0.05) is 54.2 Å². The minimum atomic E-state index is -1.41. The van der Waals surface area contributed by atoms with Crippen molar-refractivity contribution in [1.82, 2.24) is 25.4 Å². The van der Waals surface area contributed by atoms with E-state index < -0.39 is 28.7 Å². The molecule has 8 nitrogen and oxygen atoms in total. The Hall–Kier alpha value is -4.08. The van der Waals surface area contributed by atoms with Crippen molar-refractivity contribution < 1.29 is 19.1 Å². The van der Waals surface area contributed by atoms with Crippen LogP contribution in [0.4, 0.5) is 4.39 Å². The Morgan fingerprint density at radius 3 is 2.50 bits per heavy atom. The van der Waals surface area contributed by atoms with E-state index >= 15 is 4.39 Å². The molecule has 4 heterocycles. The highest BCUT2D eigenvalue weighted by atomic mass is 19.1. The molecule has 2 fully saturated rings. The first-order chi connectivity index (χ1) is 20.9. The smallest absolute Gasteiger partial charge is 0.234 e. The molecule has 0 aliphatic carbocycles. The number of nitrogens with zero attached hydrogens (tertiary/aromatic N) is 4. The summed E-state index contributed by atoms with van der Waals surface area (Å²) in [4.78, 5) is 30.8. The maximum absolute atomic E-state index is 16.3. The molecule has 2 aliphatic heterocycles. The average molecular weight is 596 g/mol. The number of benzene rings is 2. The second kappa shape index (κ2) is 11.4. The van der Waals surface area contributed by atoms with Crippen molar-refractivity contribution in [3.05, 3.63) is 89.0 Å². The van der Waals surface area contributed by atoms with Gasteiger partial charge in [-0.3, -0.25) is 24.8 Å². The Morgan fingerprint density at radius 2 is 1.84 bits per heavy atom. The molecular formula is C35H38FN5O3. The zero-order chi connectivity index (χ0) is 31.2. The molecule has 2 N–H and O–H groups in total. The molecule has 228 valence electrons. The number of nitrogens with one attached hydrogen (secondary N) is 1. The van der Waals surface area contributed by atoms with Gasteiger partial charge in [-0.15, -0.1) is 0 Å². The average Bonchev–Trinajstić information content (AvgIpc) is 2.99. The van der Waals surface area contributed by atoms with E-state index in [1.54, 1.807) is 24.4 Å². The summed E-state index contributed by atoms with van der Waals surface area (Å²) in [6.45, 7) is 10.0. The molecule has 4 aromatic rings. The van der Waals surface area contributed by atoms with Crippen molar-refractivity contribution >= 4 is 22.7 Å². The van der Waals surface area contributed by atoms with Crippen LogP contribution in [0.15, 0.2) is 60.8 Å². The lowest BCUT2D eigenvalue weighted by Gasteiger charge is -2.50. The fourth-order valence-corrected chi connectivity index (χ4v) is 6.61. The standard InChI is InChI=1S/C35H38FN5O3/c1-21(2)28-12-13-29(40-39-28)23-7-5-22(6-8-23)19-41-16-15-35(44,34(3,4)20-41)27-10-11-30-26(32(27)36)17-24(18-37-30)25-9-14-31(42)38-33(25)43/h5-8,10-13,17-18,21,25,44H,9,14-16,19-20H2,1-4H3,(H,38,42,43)/t25-,35+/m1/s1. The molecule has 2 atom stereocenters. The lowest BCUT2D eigenvalue weighted by Crippen LogP contribution is -2.55. The van der Waals surface area contributed by atoms with Gasteiger partial charge in [-0.1, -0.05) is 58.0 Å². The van der Waals surface area contributed by atoms with E-state index in [-0.39, 0.29) is 23.3 Å². The summed E-state index contributed by atoms with van der Waals surface area (Å²) in [5.74, 6) is -1.45. The van der Waals surface area contributed by atoms with Crippen LogP contribution in [0.5, 0.6) is 0 Å². The van der Waals surface area contributed by atoms with E-state index in [9.17, 15) is 14.7 Å². The van der Waals surface area contributed by atoms with Gasteiger partial charge in [0.05, 0.1) is 28.4 Å². The first kappa shape index (κ1) is 30.0. The molecular weight excluding hydrogens is 557 g/mol. The monoisotopic (exact) mass is 595 g/mol. The Labute approximate surface area is 256 Å². The molecule has 44 heavy (non-hydrogen) atoms. The summed E-state index contributed by atoms with van der Waals surface area (Å²) in [6, 6.07) is 17.3. The maximum Gasteiger partial charge on any atom is 0.234 e. The second-order valence-corrected chi connectivity index (χ2v) is 13.2. The number of pyridine rings is 1. The SMILES string of the molecule is CC(C)c1ccc(-c2ccc(CN3CC[C@](O)(c4ccc5ncc([C@H]6CCC(=O)NC6=O)cc5c4F)C(C)(C)C3)cc2)nn1. The second-order valence-electron chi connectivity index (χ2n) is 13.2. The molecule has 0 unspecified atom stereocenters. The van der Waals surface area contributed by atoms with Crippen molar-refractivity contribution in [2.75, 3.05) is 13.1 Å². The van der Waals surface area contributed by atoms with Crippen LogP contribution in [0.3, 0.4) is 0 Å². The summed E-state index contributed by atoms with van der Waals surface area (Å²) < 4.78 is 16.3. The van der Waals surface area contributed by atoms with Gasteiger partial charge in [0.15, 0.2) is 0 Å². The molecule has 2 aliphatic rings. The maximum atomic E-state index is 16.3. The number of halogens is 1. The van der Waals surface area contributed by atoms with Gasteiger partial charge < -0.3 is 5.11 Å². The summed E-state index contributed by atoms with van der Waals surface area (Å²) >= 11 is 0. The van der Waals surface area contributed by atoms with E-state index in [2.05, 4.69) is 63.5 Å². The Bertz CT molecular complexity index is 1720. The highest BCUT2D eigenvalue weighted by Gasteiger charge is 2.50. The predicted molar refractivity (Wildman–Crippen MR) is 166 cm³/mol. The van der Waals surface area contributed by atoms with E-state index in [4.69, 9.17) is 0 Å². The molecule has 9 heteroatoms. The zero-order valence-electron chi connectivity index (χ0n) is 25.6. The number of hydrogen-bond acceptors (Lipinski definition) is 7.